The van der Waals surface area contributed by atoms with Gasteiger partial charge in [-0.15, -0.1) is 0 Å². The number of ether oxygens (including phenoxy) is 1. The summed E-state index contributed by atoms with van der Waals surface area (Å²) in [4.78, 5) is 0. The second-order valence-corrected chi connectivity index (χ2v) is 2.99. The molecule has 1 N–H and O–H groups in total. The van der Waals surface area contributed by atoms with E-state index in [-0.39, 0.29) is 13.0 Å². The average Bonchev–Trinajstić information content (AvgIpc) is 2.18. The van der Waals surface area contributed by atoms with Crippen LogP contribution in [0, 0.1) is 17.2 Å². The molecule has 0 spiro atoms. The largest absolute Gasteiger partial charge is 0.382 e. The van der Waals surface area contributed by atoms with Gasteiger partial charge in [0, 0.05) is 6.61 Å². The quantitative estimate of drug-likeness (QED) is 0.719. The molecule has 0 amide bonds. The molecule has 2 unspecified atom stereocenters. The van der Waals surface area contributed by atoms with Crippen molar-refractivity contribution in [2.75, 3.05) is 13.2 Å². The van der Waals surface area contributed by atoms with E-state index >= 15 is 0 Å². The van der Waals surface area contributed by atoms with Gasteiger partial charge in [-0.25, -0.2) is 8.78 Å². The maximum Gasteiger partial charge on any atom is 0.268 e. The zero-order valence-electron chi connectivity index (χ0n) is 8.33. The van der Waals surface area contributed by atoms with Crippen molar-refractivity contribution in [3.05, 3.63) is 0 Å². The Morgan fingerprint density at radius 3 is 2.36 bits per heavy atom. The predicted octanol–water partition coefficient (Wildman–Crippen LogP) is 1.57. The molecule has 82 valence electrons. The van der Waals surface area contributed by atoms with Crippen LogP contribution in [0.1, 0.15) is 20.3 Å². The minimum absolute atomic E-state index is 0.165. The van der Waals surface area contributed by atoms with Crippen LogP contribution in [-0.2, 0) is 4.74 Å². The lowest BCUT2D eigenvalue weighted by Crippen LogP contribution is -2.45. The van der Waals surface area contributed by atoms with Crippen LogP contribution in [0.15, 0.2) is 0 Å². The third-order valence-corrected chi connectivity index (χ3v) is 2.19. The molecule has 0 fully saturated rings. The number of alkyl halides is 2. The van der Waals surface area contributed by atoms with E-state index in [2.05, 4.69) is 0 Å². The summed E-state index contributed by atoms with van der Waals surface area (Å²) in [5, 5.41) is 18.2. The highest BCUT2D eigenvalue weighted by atomic mass is 19.3. The van der Waals surface area contributed by atoms with Crippen molar-refractivity contribution in [2.45, 2.75) is 32.3 Å². The Bertz CT molecular complexity index is 205. The van der Waals surface area contributed by atoms with Crippen LogP contribution < -0.4 is 0 Å². The van der Waals surface area contributed by atoms with Crippen LogP contribution in [0.4, 0.5) is 8.78 Å². The lowest BCUT2D eigenvalue weighted by Gasteiger charge is -2.29. The zero-order chi connectivity index (χ0) is 11.2. The topological polar surface area (TPSA) is 53.2 Å². The van der Waals surface area contributed by atoms with Gasteiger partial charge in [0.25, 0.3) is 6.43 Å². The van der Waals surface area contributed by atoms with Gasteiger partial charge in [-0.2, -0.15) is 5.26 Å². The van der Waals surface area contributed by atoms with Crippen molar-refractivity contribution in [2.24, 2.45) is 5.92 Å². The number of halogens is 2. The van der Waals surface area contributed by atoms with E-state index in [0.717, 1.165) is 0 Å². The lowest BCUT2D eigenvalue weighted by atomic mass is 9.87. The first-order chi connectivity index (χ1) is 6.52. The molecular formula is C9H15F2NO2. The number of hydrogen-bond acceptors (Lipinski definition) is 3. The van der Waals surface area contributed by atoms with Gasteiger partial charge in [-0.05, 0) is 13.3 Å². The summed E-state index contributed by atoms with van der Waals surface area (Å²) in [5.74, 6) is -1.19. The van der Waals surface area contributed by atoms with E-state index in [0.29, 0.717) is 6.61 Å². The molecule has 0 aromatic rings. The Hall–Kier alpha value is -0.730. The van der Waals surface area contributed by atoms with Crippen LogP contribution >= 0.6 is 0 Å². The number of aliphatic hydroxyl groups is 1. The van der Waals surface area contributed by atoms with Gasteiger partial charge in [0.15, 0.2) is 0 Å². The number of nitriles is 1. The van der Waals surface area contributed by atoms with E-state index in [1.165, 1.54) is 6.92 Å². The van der Waals surface area contributed by atoms with E-state index in [1.54, 1.807) is 13.0 Å². The molecule has 0 aromatic carbocycles. The molecule has 0 radical (unpaired) electrons. The van der Waals surface area contributed by atoms with Crippen LogP contribution in [0.2, 0.25) is 0 Å². The second-order valence-electron chi connectivity index (χ2n) is 2.99. The van der Waals surface area contributed by atoms with Gasteiger partial charge < -0.3 is 9.84 Å². The van der Waals surface area contributed by atoms with Gasteiger partial charge in [0.1, 0.15) is 11.5 Å². The standard InChI is InChI=1S/C9H15F2NO2/c1-3-9(13,8(10)11)7(5-12)6-14-4-2/h7-8,13H,3-4,6H2,1-2H3. The maximum absolute atomic E-state index is 12.5. The third kappa shape index (κ3) is 2.89. The SMILES string of the molecule is CCOCC(C#N)C(O)(CC)C(F)F. The summed E-state index contributed by atoms with van der Waals surface area (Å²) < 4.78 is 29.9. The fourth-order valence-corrected chi connectivity index (χ4v) is 1.08. The first-order valence-corrected chi connectivity index (χ1v) is 4.50. The van der Waals surface area contributed by atoms with E-state index in [1.807, 2.05) is 0 Å². The second kappa shape index (κ2) is 5.89. The molecule has 0 aliphatic heterocycles. The van der Waals surface area contributed by atoms with Crippen molar-refractivity contribution in [1.82, 2.24) is 0 Å². The molecule has 3 nitrogen and oxygen atoms in total. The Morgan fingerprint density at radius 1 is 1.50 bits per heavy atom. The van der Waals surface area contributed by atoms with E-state index < -0.39 is 17.9 Å². The Balaban J connectivity index is 4.53. The van der Waals surface area contributed by atoms with Crippen LogP contribution in [-0.4, -0.2) is 30.3 Å². The third-order valence-electron chi connectivity index (χ3n) is 2.19. The highest BCUT2D eigenvalue weighted by Crippen LogP contribution is 2.28. The molecule has 0 bridgehead atoms. The van der Waals surface area contributed by atoms with Gasteiger partial charge >= 0.3 is 0 Å². The number of nitrogens with zero attached hydrogens (tertiary/aromatic N) is 1. The number of rotatable bonds is 6. The Labute approximate surface area is 82.3 Å². The molecule has 0 aliphatic carbocycles. The summed E-state index contributed by atoms with van der Waals surface area (Å²) in [5.41, 5.74) is -2.26. The summed E-state index contributed by atoms with van der Waals surface area (Å²) in [6.07, 6.45) is -3.10. The van der Waals surface area contributed by atoms with Crippen LogP contribution in [0.3, 0.4) is 0 Å². The van der Waals surface area contributed by atoms with Gasteiger partial charge in [0.05, 0.1) is 12.7 Å². The molecular weight excluding hydrogens is 192 g/mol. The van der Waals surface area contributed by atoms with Crippen LogP contribution in [0.5, 0.6) is 0 Å². The van der Waals surface area contributed by atoms with Gasteiger partial charge in [0.2, 0.25) is 0 Å². The number of hydrogen-bond donors (Lipinski definition) is 1. The van der Waals surface area contributed by atoms with E-state index in [4.69, 9.17) is 10.00 Å². The Morgan fingerprint density at radius 2 is 2.07 bits per heavy atom. The van der Waals surface area contributed by atoms with E-state index in [9.17, 15) is 13.9 Å². The van der Waals surface area contributed by atoms with Gasteiger partial charge in [-0.3, -0.25) is 0 Å². The monoisotopic (exact) mass is 207 g/mol. The molecule has 0 saturated heterocycles. The smallest absolute Gasteiger partial charge is 0.268 e. The lowest BCUT2D eigenvalue weighted by molar-refractivity contribution is -0.134. The fraction of sp³-hybridized carbons (Fsp3) is 0.889. The molecule has 14 heavy (non-hydrogen) atoms. The molecule has 0 rings (SSSR count). The predicted molar refractivity (Wildman–Crippen MR) is 46.8 cm³/mol. The zero-order valence-corrected chi connectivity index (χ0v) is 8.33. The van der Waals surface area contributed by atoms with Crippen molar-refractivity contribution in [1.29, 1.82) is 5.26 Å². The summed E-state index contributed by atoms with van der Waals surface area (Å²) in [6, 6.07) is 1.65. The summed E-state index contributed by atoms with van der Waals surface area (Å²) in [7, 11) is 0. The maximum atomic E-state index is 12.5. The molecule has 0 saturated carbocycles. The summed E-state index contributed by atoms with van der Waals surface area (Å²) in [6.45, 7) is 3.28. The molecule has 0 aliphatic rings. The normalized spacial score (nSPS) is 17.5. The minimum atomic E-state index is -2.93. The fourth-order valence-electron chi connectivity index (χ4n) is 1.08. The first kappa shape index (κ1) is 13.3. The van der Waals surface area contributed by atoms with Crippen molar-refractivity contribution >= 4 is 0 Å². The Kier molecular flexibility index (Phi) is 5.58. The van der Waals surface area contributed by atoms with Crippen molar-refractivity contribution in [3.8, 4) is 6.07 Å². The molecule has 0 heterocycles. The van der Waals surface area contributed by atoms with Crippen LogP contribution in [0.25, 0.3) is 0 Å². The van der Waals surface area contributed by atoms with Crippen molar-refractivity contribution < 1.29 is 18.6 Å². The highest BCUT2D eigenvalue weighted by Gasteiger charge is 2.44. The summed E-state index contributed by atoms with van der Waals surface area (Å²) >= 11 is 0. The van der Waals surface area contributed by atoms with Gasteiger partial charge in [-0.1, -0.05) is 6.92 Å². The minimum Gasteiger partial charge on any atom is -0.382 e. The van der Waals surface area contributed by atoms with Crippen molar-refractivity contribution in [3.63, 3.8) is 0 Å². The molecule has 0 aromatic heterocycles. The molecule has 2 atom stereocenters. The average molecular weight is 207 g/mol. The molecule has 5 heteroatoms. The first-order valence-electron chi connectivity index (χ1n) is 4.50. The highest BCUT2D eigenvalue weighted by molar-refractivity contribution is 4.99.